The molecule has 4 heteroatoms. The van der Waals surface area contributed by atoms with Crippen LogP contribution in [0.5, 0.6) is 0 Å². The summed E-state index contributed by atoms with van der Waals surface area (Å²) in [5.74, 6) is 0.242. The van der Waals surface area contributed by atoms with Gasteiger partial charge in [0.05, 0.1) is 5.41 Å². The van der Waals surface area contributed by atoms with Gasteiger partial charge in [-0.15, -0.1) is 0 Å². The number of piperidine rings is 1. The molecule has 4 nitrogen and oxygen atoms in total. The van der Waals surface area contributed by atoms with E-state index < -0.39 is 0 Å². The van der Waals surface area contributed by atoms with Crippen LogP contribution in [0.25, 0.3) is 0 Å². The van der Waals surface area contributed by atoms with Gasteiger partial charge in [0, 0.05) is 18.2 Å². The monoisotopic (exact) mass is 392 g/mol. The molecular weight excluding hydrogens is 360 g/mol. The van der Waals surface area contributed by atoms with Gasteiger partial charge >= 0.3 is 0 Å². The molecule has 0 spiro atoms. The molecule has 1 aliphatic rings. The second-order valence-corrected chi connectivity index (χ2v) is 8.26. The van der Waals surface area contributed by atoms with Crippen molar-refractivity contribution in [1.82, 2.24) is 10.2 Å². The third-order valence-corrected chi connectivity index (χ3v) is 6.30. The van der Waals surface area contributed by atoms with Crippen LogP contribution in [0, 0.1) is 0 Å². The lowest BCUT2D eigenvalue weighted by atomic mass is 9.70. The SMILES string of the molecule is CC[C@@H](C)NC(=O)c1cccc(CN2CCC(C(C)=O)(c3ccccc3)CC2)c1. The van der Waals surface area contributed by atoms with Gasteiger partial charge in [-0.2, -0.15) is 0 Å². The zero-order valence-corrected chi connectivity index (χ0v) is 17.8. The van der Waals surface area contributed by atoms with E-state index in [4.69, 9.17) is 0 Å². The molecule has 1 heterocycles. The number of benzene rings is 2. The number of likely N-dealkylation sites (tertiary alicyclic amines) is 1. The largest absolute Gasteiger partial charge is 0.350 e. The summed E-state index contributed by atoms with van der Waals surface area (Å²) < 4.78 is 0. The summed E-state index contributed by atoms with van der Waals surface area (Å²) in [5, 5.41) is 3.03. The fourth-order valence-corrected chi connectivity index (χ4v) is 4.17. The fraction of sp³-hybridized carbons (Fsp3) is 0.440. The maximum atomic E-state index is 12.6. The van der Waals surface area contributed by atoms with Crippen LogP contribution in [-0.4, -0.2) is 35.7 Å². The highest BCUT2D eigenvalue weighted by atomic mass is 16.1. The zero-order chi connectivity index (χ0) is 20.9. The van der Waals surface area contributed by atoms with Gasteiger partial charge < -0.3 is 5.32 Å². The lowest BCUT2D eigenvalue weighted by Crippen LogP contribution is -2.46. The molecule has 0 aromatic heterocycles. The summed E-state index contributed by atoms with van der Waals surface area (Å²) in [6.07, 6.45) is 2.58. The quantitative estimate of drug-likeness (QED) is 0.763. The van der Waals surface area contributed by atoms with E-state index in [0.717, 1.165) is 50.0 Å². The molecular formula is C25H32N2O2. The Labute approximate surface area is 174 Å². The van der Waals surface area contributed by atoms with Crippen molar-refractivity contribution in [3.63, 3.8) is 0 Å². The maximum absolute atomic E-state index is 12.6. The van der Waals surface area contributed by atoms with E-state index in [1.165, 1.54) is 0 Å². The number of Topliss-reactive ketones (excluding diaryl/α,β-unsaturated/α-hetero) is 1. The molecule has 1 atom stereocenters. The van der Waals surface area contributed by atoms with E-state index in [9.17, 15) is 9.59 Å². The van der Waals surface area contributed by atoms with Crippen LogP contribution in [0.2, 0.25) is 0 Å². The Morgan fingerprint density at radius 1 is 1.07 bits per heavy atom. The second-order valence-electron chi connectivity index (χ2n) is 8.26. The summed E-state index contributed by atoms with van der Waals surface area (Å²) in [7, 11) is 0. The highest BCUT2D eigenvalue weighted by Crippen LogP contribution is 2.36. The Morgan fingerprint density at radius 2 is 1.76 bits per heavy atom. The number of amides is 1. The lowest BCUT2D eigenvalue weighted by molar-refractivity contribution is -0.124. The van der Waals surface area contributed by atoms with Gasteiger partial charge in [-0.1, -0.05) is 49.4 Å². The smallest absolute Gasteiger partial charge is 0.251 e. The van der Waals surface area contributed by atoms with Gasteiger partial charge in [0.15, 0.2) is 0 Å². The van der Waals surface area contributed by atoms with Crippen LogP contribution in [0.15, 0.2) is 54.6 Å². The number of hydrogen-bond acceptors (Lipinski definition) is 3. The minimum absolute atomic E-state index is 0.0143. The zero-order valence-electron chi connectivity index (χ0n) is 17.8. The van der Waals surface area contributed by atoms with Crippen molar-refractivity contribution in [3.8, 4) is 0 Å². The molecule has 0 radical (unpaired) electrons. The molecule has 1 aliphatic heterocycles. The molecule has 0 aliphatic carbocycles. The maximum Gasteiger partial charge on any atom is 0.251 e. The van der Waals surface area contributed by atoms with Gasteiger partial charge in [-0.3, -0.25) is 14.5 Å². The molecule has 1 N–H and O–H groups in total. The van der Waals surface area contributed by atoms with E-state index in [1.807, 2.05) is 43.3 Å². The second kappa shape index (κ2) is 9.36. The van der Waals surface area contributed by atoms with Gasteiger partial charge in [0.1, 0.15) is 5.78 Å². The van der Waals surface area contributed by atoms with Crippen molar-refractivity contribution < 1.29 is 9.59 Å². The van der Waals surface area contributed by atoms with Crippen LogP contribution in [0.3, 0.4) is 0 Å². The van der Waals surface area contributed by atoms with Crippen molar-refractivity contribution in [2.75, 3.05) is 13.1 Å². The Morgan fingerprint density at radius 3 is 2.38 bits per heavy atom. The first-order valence-corrected chi connectivity index (χ1v) is 10.6. The molecule has 1 saturated heterocycles. The van der Waals surface area contributed by atoms with E-state index in [1.54, 1.807) is 6.92 Å². The van der Waals surface area contributed by atoms with Crippen molar-refractivity contribution in [3.05, 3.63) is 71.3 Å². The summed E-state index contributed by atoms with van der Waals surface area (Å²) in [6.45, 7) is 8.35. The average molecular weight is 393 g/mol. The summed E-state index contributed by atoms with van der Waals surface area (Å²) in [6, 6.07) is 18.2. The number of rotatable bonds is 7. The molecule has 1 fully saturated rings. The predicted octanol–water partition coefficient (Wildman–Crippen LogP) is 4.34. The normalized spacial score (nSPS) is 17.5. The highest BCUT2D eigenvalue weighted by Gasteiger charge is 2.40. The average Bonchev–Trinajstić information content (AvgIpc) is 2.75. The first kappa shape index (κ1) is 21.3. The summed E-state index contributed by atoms with van der Waals surface area (Å²) in [5.41, 5.74) is 2.62. The Kier molecular flexibility index (Phi) is 6.86. The third kappa shape index (κ3) is 4.94. The van der Waals surface area contributed by atoms with Crippen molar-refractivity contribution in [1.29, 1.82) is 0 Å². The molecule has 2 aromatic carbocycles. The van der Waals surface area contributed by atoms with Gasteiger partial charge in [-0.25, -0.2) is 0 Å². The molecule has 2 aromatic rings. The standard InChI is InChI=1S/C25H32N2O2/c1-4-19(2)26-24(29)22-10-8-9-21(17-22)18-27-15-13-25(14-16-27,20(3)28)23-11-6-5-7-12-23/h5-12,17,19H,4,13-16,18H2,1-3H3,(H,26,29)/t19-/m1/s1. The molecule has 0 unspecified atom stereocenters. The number of nitrogens with zero attached hydrogens (tertiary/aromatic N) is 1. The van der Waals surface area contributed by atoms with E-state index in [2.05, 4.69) is 35.3 Å². The van der Waals surface area contributed by atoms with E-state index in [-0.39, 0.29) is 23.1 Å². The minimum atomic E-state index is -0.365. The van der Waals surface area contributed by atoms with Gasteiger partial charge in [-0.05, 0) is 69.5 Å². The number of carbonyl (C=O) groups is 2. The highest BCUT2D eigenvalue weighted by molar-refractivity contribution is 5.94. The Hall–Kier alpha value is -2.46. The topological polar surface area (TPSA) is 49.4 Å². The lowest BCUT2D eigenvalue weighted by Gasteiger charge is -2.40. The van der Waals surface area contributed by atoms with E-state index in [0.29, 0.717) is 5.56 Å². The summed E-state index contributed by atoms with van der Waals surface area (Å²) >= 11 is 0. The van der Waals surface area contributed by atoms with Crippen molar-refractivity contribution >= 4 is 11.7 Å². The first-order chi connectivity index (χ1) is 13.9. The first-order valence-electron chi connectivity index (χ1n) is 10.6. The molecule has 0 saturated carbocycles. The van der Waals surface area contributed by atoms with Crippen molar-refractivity contribution in [2.24, 2.45) is 0 Å². The molecule has 29 heavy (non-hydrogen) atoms. The van der Waals surface area contributed by atoms with Crippen molar-refractivity contribution in [2.45, 2.75) is 58.0 Å². The molecule has 0 bridgehead atoms. The van der Waals surface area contributed by atoms with Crippen LogP contribution >= 0.6 is 0 Å². The van der Waals surface area contributed by atoms with Gasteiger partial charge in [0.25, 0.3) is 5.91 Å². The third-order valence-electron chi connectivity index (χ3n) is 6.30. The van der Waals surface area contributed by atoms with Crippen LogP contribution in [-0.2, 0) is 16.8 Å². The van der Waals surface area contributed by atoms with E-state index >= 15 is 0 Å². The van der Waals surface area contributed by atoms with Crippen LogP contribution in [0.1, 0.15) is 61.5 Å². The minimum Gasteiger partial charge on any atom is -0.350 e. The number of carbonyl (C=O) groups excluding carboxylic acids is 2. The number of nitrogens with one attached hydrogen (secondary N) is 1. The Bertz CT molecular complexity index is 839. The number of hydrogen-bond donors (Lipinski definition) is 1. The Balaban J connectivity index is 1.66. The molecule has 1 amide bonds. The summed E-state index contributed by atoms with van der Waals surface area (Å²) in [4.78, 5) is 27.4. The number of ketones is 1. The molecule has 3 rings (SSSR count). The van der Waals surface area contributed by atoms with Gasteiger partial charge in [0.2, 0.25) is 0 Å². The van der Waals surface area contributed by atoms with Crippen LogP contribution in [0.4, 0.5) is 0 Å². The molecule has 154 valence electrons. The predicted molar refractivity (Wildman–Crippen MR) is 117 cm³/mol. The van der Waals surface area contributed by atoms with Crippen LogP contribution < -0.4 is 5.32 Å². The fourth-order valence-electron chi connectivity index (χ4n) is 4.17.